The summed E-state index contributed by atoms with van der Waals surface area (Å²) >= 11 is 0. The molecule has 1 aromatic rings. The van der Waals surface area contributed by atoms with Crippen LogP contribution in [0.15, 0.2) is 30.8 Å². The van der Waals surface area contributed by atoms with Crippen molar-refractivity contribution >= 4 is 18.9 Å². The number of nitrogens with two attached hydrogens (primary N) is 1. The Kier molecular flexibility index (Phi) is 4.43. The molecule has 0 aliphatic rings. The quantitative estimate of drug-likeness (QED) is 0.587. The topological polar surface area (TPSA) is 121 Å². The lowest BCUT2D eigenvalue weighted by Gasteiger charge is -2.10. The van der Waals surface area contributed by atoms with E-state index in [1.165, 1.54) is 12.1 Å². The first kappa shape index (κ1) is 14.6. The van der Waals surface area contributed by atoms with Gasteiger partial charge in [0.05, 0.1) is 5.31 Å². The van der Waals surface area contributed by atoms with Gasteiger partial charge in [0.15, 0.2) is 0 Å². The van der Waals surface area contributed by atoms with Crippen LogP contribution in [0.25, 0.3) is 5.31 Å². The zero-order valence-electron chi connectivity index (χ0n) is 9.48. The van der Waals surface area contributed by atoms with Crippen LogP contribution in [0.3, 0.4) is 0 Å². The highest BCUT2D eigenvalue weighted by Gasteiger charge is 2.20. The highest BCUT2D eigenvalue weighted by molar-refractivity contribution is 7.63. The Hall–Kier alpha value is -1.46. The Balaban J connectivity index is 2.84. The minimum absolute atomic E-state index is 0.151. The molecular weight excluding hydrogens is 257 g/mol. The van der Waals surface area contributed by atoms with Crippen LogP contribution in [0.5, 0.6) is 0 Å². The van der Waals surface area contributed by atoms with Crippen molar-refractivity contribution in [2.45, 2.75) is 12.5 Å². The fourth-order valence-electron chi connectivity index (χ4n) is 1.34. The monoisotopic (exact) mass is 271 g/mol. The predicted octanol–water partition coefficient (Wildman–Crippen LogP) is 0.789. The maximum atomic E-state index is 11.0. The summed E-state index contributed by atoms with van der Waals surface area (Å²) in [5.74, 6) is -1.10. The van der Waals surface area contributed by atoms with Gasteiger partial charge in [-0.05, 0) is 17.5 Å². The summed E-state index contributed by atoms with van der Waals surface area (Å²) < 4.78 is 11.0. The average molecular weight is 271 g/mol. The van der Waals surface area contributed by atoms with E-state index in [1.54, 1.807) is 12.1 Å². The molecule has 0 aliphatic heterocycles. The summed E-state index contributed by atoms with van der Waals surface area (Å²) in [5.41, 5.74) is 6.36. The molecule has 7 heteroatoms. The molecule has 0 spiro atoms. The Morgan fingerprint density at radius 3 is 2.22 bits per heavy atom. The van der Waals surface area contributed by atoms with Gasteiger partial charge in [0.25, 0.3) is 0 Å². The van der Waals surface area contributed by atoms with E-state index >= 15 is 0 Å². The second-order valence-corrected chi connectivity index (χ2v) is 5.46. The lowest BCUT2D eigenvalue weighted by molar-refractivity contribution is -0.138. The van der Waals surface area contributed by atoms with Crippen molar-refractivity contribution in [2.75, 3.05) is 0 Å². The van der Waals surface area contributed by atoms with Gasteiger partial charge in [0.2, 0.25) is 0 Å². The summed E-state index contributed by atoms with van der Waals surface area (Å²) in [6.45, 7) is 3.33. The molecule has 0 aromatic heterocycles. The molecule has 18 heavy (non-hydrogen) atoms. The van der Waals surface area contributed by atoms with Gasteiger partial charge in [0.1, 0.15) is 6.04 Å². The second-order valence-electron chi connectivity index (χ2n) is 3.84. The Labute approximate surface area is 104 Å². The normalized spacial score (nSPS) is 13.1. The molecule has 5 N–H and O–H groups in total. The van der Waals surface area contributed by atoms with Crippen LogP contribution in [-0.4, -0.2) is 26.9 Å². The van der Waals surface area contributed by atoms with E-state index in [0.717, 1.165) is 0 Å². The minimum Gasteiger partial charge on any atom is -0.480 e. The van der Waals surface area contributed by atoms with E-state index in [2.05, 4.69) is 6.58 Å². The third-order valence-electron chi connectivity index (χ3n) is 2.41. The molecule has 0 saturated carbocycles. The van der Waals surface area contributed by atoms with Crippen molar-refractivity contribution in [1.29, 1.82) is 0 Å². The highest BCUT2D eigenvalue weighted by Crippen LogP contribution is 2.49. The lowest BCUT2D eigenvalue weighted by Crippen LogP contribution is -2.32. The number of aliphatic carboxylic acids is 1. The van der Waals surface area contributed by atoms with Crippen molar-refractivity contribution < 1.29 is 24.3 Å². The molecule has 6 nitrogen and oxygen atoms in total. The fraction of sp³-hybridized carbons (Fsp3) is 0.182. The predicted molar refractivity (Wildman–Crippen MR) is 66.8 cm³/mol. The van der Waals surface area contributed by atoms with Gasteiger partial charge in [-0.1, -0.05) is 30.8 Å². The van der Waals surface area contributed by atoms with Gasteiger partial charge < -0.3 is 20.6 Å². The third-order valence-corrected chi connectivity index (χ3v) is 3.37. The number of hydrogen-bond donors (Lipinski definition) is 4. The number of benzene rings is 1. The first-order valence-electron chi connectivity index (χ1n) is 5.04. The summed E-state index contributed by atoms with van der Waals surface area (Å²) in [6, 6.07) is 5.09. The van der Waals surface area contributed by atoms with Gasteiger partial charge in [-0.2, -0.15) is 0 Å². The molecule has 1 unspecified atom stereocenters. The second kappa shape index (κ2) is 5.46. The fourth-order valence-corrected chi connectivity index (χ4v) is 1.83. The van der Waals surface area contributed by atoms with Crippen molar-refractivity contribution in [3.8, 4) is 0 Å². The Morgan fingerprint density at radius 2 is 1.83 bits per heavy atom. The summed E-state index contributed by atoms with van der Waals surface area (Å²) in [7, 11) is -4.35. The summed E-state index contributed by atoms with van der Waals surface area (Å²) in [5, 5.41) is 8.38. The number of carboxylic acids is 1. The van der Waals surface area contributed by atoms with Crippen LogP contribution in [0, 0.1) is 0 Å². The lowest BCUT2D eigenvalue weighted by atomic mass is 10.0. The highest BCUT2D eigenvalue weighted by atomic mass is 31.2. The Bertz CT molecular complexity index is 505. The van der Waals surface area contributed by atoms with E-state index in [-0.39, 0.29) is 11.7 Å². The van der Waals surface area contributed by atoms with E-state index in [4.69, 9.17) is 20.6 Å². The van der Waals surface area contributed by atoms with E-state index in [9.17, 15) is 9.36 Å². The maximum absolute atomic E-state index is 11.0. The van der Waals surface area contributed by atoms with Gasteiger partial charge >= 0.3 is 13.6 Å². The maximum Gasteiger partial charge on any atom is 0.356 e. The first-order chi connectivity index (χ1) is 8.21. The molecule has 0 saturated heterocycles. The van der Waals surface area contributed by atoms with Gasteiger partial charge in [-0.25, -0.2) is 0 Å². The zero-order valence-corrected chi connectivity index (χ0v) is 10.4. The Morgan fingerprint density at radius 1 is 1.33 bits per heavy atom. The molecule has 0 fully saturated rings. The zero-order chi connectivity index (χ0) is 13.9. The van der Waals surface area contributed by atoms with E-state index in [0.29, 0.717) is 11.1 Å². The summed E-state index contributed by atoms with van der Waals surface area (Å²) in [4.78, 5) is 28.5. The van der Waals surface area contributed by atoms with Gasteiger partial charge in [-0.15, -0.1) is 0 Å². The average Bonchev–Trinajstić information content (AvgIpc) is 2.27. The molecule has 0 bridgehead atoms. The van der Waals surface area contributed by atoms with Crippen molar-refractivity contribution in [2.24, 2.45) is 5.73 Å². The summed E-state index contributed by atoms with van der Waals surface area (Å²) in [6.07, 6.45) is 0.151. The molecule has 98 valence electrons. The number of carboxylic acid groups (broad SMARTS) is 1. The first-order valence-corrected chi connectivity index (χ1v) is 6.66. The molecular formula is C11H14NO5P. The van der Waals surface area contributed by atoms with Crippen LogP contribution < -0.4 is 5.73 Å². The largest absolute Gasteiger partial charge is 0.480 e. The van der Waals surface area contributed by atoms with Crippen LogP contribution in [0.1, 0.15) is 11.1 Å². The van der Waals surface area contributed by atoms with Gasteiger partial charge in [0, 0.05) is 0 Å². The number of carbonyl (C=O) groups is 1. The molecule has 0 heterocycles. The van der Waals surface area contributed by atoms with E-state index in [1.807, 2.05) is 0 Å². The molecule has 1 rings (SSSR count). The molecule has 1 aromatic carbocycles. The molecule has 0 radical (unpaired) electrons. The smallest absolute Gasteiger partial charge is 0.356 e. The van der Waals surface area contributed by atoms with Crippen molar-refractivity contribution in [3.05, 3.63) is 42.0 Å². The van der Waals surface area contributed by atoms with Crippen LogP contribution in [-0.2, 0) is 15.8 Å². The van der Waals surface area contributed by atoms with Crippen molar-refractivity contribution in [3.63, 3.8) is 0 Å². The third kappa shape index (κ3) is 3.78. The number of rotatable bonds is 5. The van der Waals surface area contributed by atoms with Crippen molar-refractivity contribution in [1.82, 2.24) is 0 Å². The van der Waals surface area contributed by atoms with Crippen LogP contribution in [0.2, 0.25) is 0 Å². The SMILES string of the molecule is C=C(c1ccc(CC(N)C(=O)O)cc1)P(=O)(O)O. The molecule has 0 aliphatic carbocycles. The molecule has 1 atom stereocenters. The minimum atomic E-state index is -4.35. The number of hydrogen-bond acceptors (Lipinski definition) is 3. The van der Waals surface area contributed by atoms with E-state index < -0.39 is 19.6 Å². The van der Waals surface area contributed by atoms with Crippen LogP contribution in [0.4, 0.5) is 0 Å². The van der Waals surface area contributed by atoms with Gasteiger partial charge in [-0.3, -0.25) is 9.36 Å². The molecule has 0 amide bonds. The van der Waals surface area contributed by atoms with Crippen LogP contribution >= 0.6 is 7.60 Å². The standard InChI is InChI=1S/C11H14NO5P/c1-7(18(15,16)17)9-4-2-8(3-5-9)6-10(12)11(13)14/h2-5,10H,1,6,12H2,(H,13,14)(H2,15,16,17).